The Bertz CT molecular complexity index is 756. The average molecular weight is 355 g/mol. The van der Waals surface area contributed by atoms with Gasteiger partial charge < -0.3 is 15.0 Å². The Morgan fingerprint density at radius 1 is 1.46 bits per heavy atom. The van der Waals surface area contributed by atoms with Crippen molar-refractivity contribution in [3.05, 3.63) is 35.0 Å². The summed E-state index contributed by atoms with van der Waals surface area (Å²) in [6.45, 7) is 1.71. The van der Waals surface area contributed by atoms with Crippen molar-refractivity contribution in [2.24, 2.45) is 0 Å². The van der Waals surface area contributed by atoms with E-state index in [1.54, 1.807) is 12.1 Å². The number of likely N-dealkylation sites (N-methyl/N-ethyl adjacent to an activating group) is 1. The first-order valence-corrected chi connectivity index (χ1v) is 8.17. The number of amides is 1. The van der Waals surface area contributed by atoms with Gasteiger partial charge in [-0.3, -0.25) is 9.20 Å². The van der Waals surface area contributed by atoms with E-state index in [0.29, 0.717) is 30.4 Å². The summed E-state index contributed by atoms with van der Waals surface area (Å²) in [5.74, 6) is -1.24. The number of hydrogen-bond acceptors (Lipinski definition) is 4. The Balaban J connectivity index is 1.78. The number of nitrogens with zero attached hydrogens (tertiary/aromatic N) is 3. The molecule has 1 aliphatic heterocycles. The molecule has 0 bridgehead atoms. The highest BCUT2D eigenvalue weighted by Gasteiger charge is 2.35. The number of rotatable bonds is 4. The van der Waals surface area contributed by atoms with Gasteiger partial charge in [-0.15, -0.1) is 0 Å². The molecular weight excluding hydrogens is 335 g/mol. The van der Waals surface area contributed by atoms with Crippen molar-refractivity contribution in [3.8, 4) is 0 Å². The van der Waals surface area contributed by atoms with E-state index in [4.69, 9.17) is 16.3 Å². The summed E-state index contributed by atoms with van der Waals surface area (Å²) in [5, 5.41) is 3.20. The maximum absolute atomic E-state index is 14.4. The Morgan fingerprint density at radius 3 is 2.83 bits per heavy atom. The number of pyridine rings is 1. The first kappa shape index (κ1) is 17.1. The van der Waals surface area contributed by atoms with Crippen LogP contribution in [0.4, 0.5) is 4.39 Å². The number of hydrogen-bond donors (Lipinski definition) is 1. The highest BCUT2D eigenvalue weighted by molar-refractivity contribution is 6.30. The maximum Gasteiger partial charge on any atom is 0.274 e. The lowest BCUT2D eigenvalue weighted by atomic mass is 9.88. The Morgan fingerprint density at radius 2 is 2.17 bits per heavy atom. The maximum atomic E-state index is 14.4. The van der Waals surface area contributed by atoms with Crippen LogP contribution in [0.5, 0.6) is 0 Å². The third-order valence-corrected chi connectivity index (χ3v) is 4.91. The van der Waals surface area contributed by atoms with Gasteiger partial charge >= 0.3 is 0 Å². The van der Waals surface area contributed by atoms with E-state index >= 15 is 0 Å². The molecule has 0 radical (unpaired) electrons. The van der Waals surface area contributed by atoms with E-state index in [1.165, 1.54) is 10.6 Å². The molecule has 0 unspecified atom stereocenters. The Labute approximate surface area is 144 Å². The zero-order chi connectivity index (χ0) is 17.3. The van der Waals surface area contributed by atoms with Crippen molar-refractivity contribution < 1.29 is 13.9 Å². The lowest BCUT2D eigenvalue weighted by Gasteiger charge is -2.42. The van der Waals surface area contributed by atoms with E-state index in [0.717, 1.165) is 12.8 Å². The van der Waals surface area contributed by atoms with Gasteiger partial charge in [0.05, 0.1) is 5.02 Å². The van der Waals surface area contributed by atoms with Crippen LogP contribution in [0.2, 0.25) is 5.02 Å². The van der Waals surface area contributed by atoms with Gasteiger partial charge in [0.25, 0.3) is 5.91 Å². The molecule has 1 amide bonds. The molecule has 0 spiro atoms. The summed E-state index contributed by atoms with van der Waals surface area (Å²) in [4.78, 5) is 18.6. The number of carbonyl (C=O) groups excluding carboxylic acids is 1. The molecule has 1 fully saturated rings. The van der Waals surface area contributed by atoms with Crippen LogP contribution < -0.4 is 5.32 Å². The number of carbonyl (C=O) groups is 1. The van der Waals surface area contributed by atoms with Gasteiger partial charge in [0.15, 0.2) is 5.69 Å². The fourth-order valence-electron chi connectivity index (χ4n) is 3.00. The van der Waals surface area contributed by atoms with Gasteiger partial charge in [0.1, 0.15) is 5.65 Å². The first-order chi connectivity index (χ1) is 11.4. The summed E-state index contributed by atoms with van der Waals surface area (Å²) in [6, 6.07) is 3.18. The molecule has 8 heteroatoms. The molecule has 0 atom stereocenters. The highest BCUT2D eigenvalue weighted by atomic mass is 35.5. The van der Waals surface area contributed by atoms with E-state index in [2.05, 4.69) is 15.2 Å². The first-order valence-electron chi connectivity index (χ1n) is 7.79. The second-order valence-corrected chi connectivity index (χ2v) is 6.68. The zero-order valence-corrected chi connectivity index (χ0v) is 14.4. The molecule has 24 heavy (non-hydrogen) atoms. The molecular formula is C16H20ClFN4O2. The number of ether oxygens (including phenoxy) is 1. The predicted molar refractivity (Wildman–Crippen MR) is 89.0 cm³/mol. The van der Waals surface area contributed by atoms with Gasteiger partial charge in [-0.25, -0.2) is 4.98 Å². The van der Waals surface area contributed by atoms with Gasteiger partial charge in [0.2, 0.25) is 5.95 Å². The predicted octanol–water partition coefficient (Wildman–Crippen LogP) is 1.97. The number of fused-ring (bicyclic) bond motifs is 1. The van der Waals surface area contributed by atoms with Crippen molar-refractivity contribution in [3.63, 3.8) is 0 Å². The van der Waals surface area contributed by atoms with Crippen molar-refractivity contribution in [1.82, 2.24) is 19.6 Å². The highest BCUT2D eigenvalue weighted by Crippen LogP contribution is 2.25. The summed E-state index contributed by atoms with van der Waals surface area (Å²) < 4.78 is 21.0. The van der Waals surface area contributed by atoms with E-state index in [9.17, 15) is 9.18 Å². The molecule has 0 saturated carbocycles. The standard InChI is InChI=1S/C16H20ClFN4O2/c1-21(2)16(5-7-24-8-6-16)10-19-15(23)13-14(18)22-9-11(17)3-4-12(22)20-13/h3-4,9H,5-8,10H2,1-2H3,(H,19,23). The molecule has 1 aliphatic rings. The van der Waals surface area contributed by atoms with Crippen molar-refractivity contribution in [2.45, 2.75) is 18.4 Å². The van der Waals surface area contributed by atoms with Crippen molar-refractivity contribution in [1.29, 1.82) is 0 Å². The monoisotopic (exact) mass is 354 g/mol. The topological polar surface area (TPSA) is 58.9 Å². The number of nitrogens with one attached hydrogen (secondary N) is 1. The molecule has 6 nitrogen and oxygen atoms in total. The van der Waals surface area contributed by atoms with Crippen LogP contribution in [0.15, 0.2) is 18.3 Å². The Kier molecular flexibility index (Phi) is 4.76. The fourth-order valence-corrected chi connectivity index (χ4v) is 3.16. The van der Waals surface area contributed by atoms with Crippen molar-refractivity contribution in [2.75, 3.05) is 33.9 Å². The lowest BCUT2D eigenvalue weighted by molar-refractivity contribution is -0.00662. The molecule has 3 heterocycles. The fraction of sp³-hybridized carbons (Fsp3) is 0.500. The minimum atomic E-state index is -0.712. The van der Waals surface area contributed by atoms with E-state index < -0.39 is 11.9 Å². The van der Waals surface area contributed by atoms with Gasteiger partial charge in [-0.05, 0) is 39.1 Å². The summed E-state index contributed by atoms with van der Waals surface area (Å²) in [5.41, 5.74) is -0.0685. The molecule has 130 valence electrons. The summed E-state index contributed by atoms with van der Waals surface area (Å²) in [7, 11) is 3.95. The molecule has 2 aromatic heterocycles. The number of halogens is 2. The molecule has 0 aromatic carbocycles. The van der Waals surface area contributed by atoms with Crippen LogP contribution >= 0.6 is 11.6 Å². The van der Waals surface area contributed by atoms with Crippen LogP contribution in [0.25, 0.3) is 5.65 Å². The third-order valence-electron chi connectivity index (χ3n) is 4.69. The smallest absolute Gasteiger partial charge is 0.274 e. The van der Waals surface area contributed by atoms with Crippen molar-refractivity contribution >= 4 is 23.2 Å². The normalized spacial score (nSPS) is 17.4. The second-order valence-electron chi connectivity index (χ2n) is 6.24. The molecule has 2 aromatic rings. The summed E-state index contributed by atoms with van der Waals surface area (Å²) >= 11 is 5.86. The minimum Gasteiger partial charge on any atom is -0.381 e. The number of aromatic nitrogens is 2. The molecule has 1 N–H and O–H groups in total. The largest absolute Gasteiger partial charge is 0.381 e. The molecule has 3 rings (SSSR count). The SMILES string of the molecule is CN(C)C1(CNC(=O)c2nc3ccc(Cl)cn3c2F)CCOCC1. The zero-order valence-electron chi connectivity index (χ0n) is 13.7. The quantitative estimate of drug-likeness (QED) is 0.912. The van der Waals surface area contributed by atoms with Crippen LogP contribution in [-0.4, -0.2) is 59.6 Å². The number of imidazole rings is 1. The van der Waals surface area contributed by atoms with Crippen LogP contribution in [0.3, 0.4) is 0 Å². The molecule has 1 saturated heterocycles. The van der Waals surface area contributed by atoms with Gasteiger partial charge in [-0.1, -0.05) is 11.6 Å². The van der Waals surface area contributed by atoms with E-state index in [-0.39, 0.29) is 11.2 Å². The van der Waals surface area contributed by atoms with Crippen LogP contribution in [-0.2, 0) is 4.74 Å². The van der Waals surface area contributed by atoms with Crippen LogP contribution in [0, 0.1) is 5.95 Å². The average Bonchev–Trinajstić information content (AvgIpc) is 2.90. The lowest BCUT2D eigenvalue weighted by Crippen LogP contribution is -2.55. The Hall–Kier alpha value is -1.70. The van der Waals surface area contributed by atoms with Crippen LogP contribution in [0.1, 0.15) is 23.3 Å². The second kappa shape index (κ2) is 6.66. The minimum absolute atomic E-state index is 0.188. The van der Waals surface area contributed by atoms with E-state index in [1.807, 2.05) is 14.1 Å². The van der Waals surface area contributed by atoms with Gasteiger partial charge in [-0.2, -0.15) is 4.39 Å². The molecule has 0 aliphatic carbocycles. The summed E-state index contributed by atoms with van der Waals surface area (Å²) in [6.07, 6.45) is 3.02. The van der Waals surface area contributed by atoms with Gasteiger partial charge in [0, 0.05) is 31.5 Å². The third kappa shape index (κ3) is 3.11.